The molecule has 6 heteroatoms. The summed E-state index contributed by atoms with van der Waals surface area (Å²) in [5, 5.41) is 5.69. The van der Waals surface area contributed by atoms with Gasteiger partial charge in [-0.25, -0.2) is 0 Å². The van der Waals surface area contributed by atoms with Crippen LogP contribution in [-0.2, 0) is 14.4 Å². The molecule has 2 heterocycles. The van der Waals surface area contributed by atoms with Gasteiger partial charge in [-0.1, -0.05) is 0 Å². The molecule has 1 unspecified atom stereocenters. The van der Waals surface area contributed by atoms with Gasteiger partial charge in [0, 0.05) is 38.0 Å². The van der Waals surface area contributed by atoms with Crippen LogP contribution in [0.1, 0.15) is 32.1 Å². The minimum atomic E-state index is -0.228. The maximum atomic E-state index is 12.0. The van der Waals surface area contributed by atoms with Gasteiger partial charge in [-0.3, -0.25) is 14.4 Å². The van der Waals surface area contributed by atoms with Crippen LogP contribution in [0.3, 0.4) is 0 Å². The Labute approximate surface area is 118 Å². The molecule has 2 N–H and O–H groups in total. The second kappa shape index (κ2) is 5.42. The molecule has 0 radical (unpaired) electrons. The van der Waals surface area contributed by atoms with Crippen LogP contribution in [0.25, 0.3) is 0 Å². The van der Waals surface area contributed by atoms with Crippen molar-refractivity contribution in [1.29, 1.82) is 0 Å². The van der Waals surface area contributed by atoms with Crippen molar-refractivity contribution in [3.05, 3.63) is 0 Å². The molecule has 6 nitrogen and oxygen atoms in total. The first-order chi connectivity index (χ1) is 9.63. The van der Waals surface area contributed by atoms with Crippen LogP contribution in [0, 0.1) is 11.8 Å². The van der Waals surface area contributed by atoms with E-state index in [1.54, 1.807) is 0 Å². The molecular formula is C14H21N3O3. The molecule has 20 heavy (non-hydrogen) atoms. The molecule has 0 aromatic heterocycles. The van der Waals surface area contributed by atoms with E-state index in [-0.39, 0.29) is 29.7 Å². The Bertz CT molecular complexity index is 425. The zero-order valence-corrected chi connectivity index (χ0v) is 11.6. The van der Waals surface area contributed by atoms with Gasteiger partial charge in [-0.15, -0.1) is 0 Å². The largest absolute Gasteiger partial charge is 0.355 e. The van der Waals surface area contributed by atoms with Crippen LogP contribution < -0.4 is 10.6 Å². The maximum absolute atomic E-state index is 12.0. The van der Waals surface area contributed by atoms with Gasteiger partial charge >= 0.3 is 0 Å². The molecule has 3 rings (SSSR count). The molecule has 1 aliphatic carbocycles. The summed E-state index contributed by atoms with van der Waals surface area (Å²) in [5.41, 5.74) is 0. The minimum Gasteiger partial charge on any atom is -0.355 e. The fraction of sp³-hybridized carbons (Fsp3) is 0.786. The highest BCUT2D eigenvalue weighted by molar-refractivity contribution is 5.89. The smallest absolute Gasteiger partial charge is 0.225 e. The summed E-state index contributed by atoms with van der Waals surface area (Å²) in [7, 11) is 0. The van der Waals surface area contributed by atoms with Gasteiger partial charge in [0.15, 0.2) is 0 Å². The molecule has 1 saturated carbocycles. The van der Waals surface area contributed by atoms with Crippen molar-refractivity contribution in [3.8, 4) is 0 Å². The fourth-order valence-corrected chi connectivity index (χ4v) is 2.94. The Hall–Kier alpha value is -1.59. The number of amides is 3. The minimum absolute atomic E-state index is 0.0321. The van der Waals surface area contributed by atoms with E-state index in [9.17, 15) is 14.4 Å². The topological polar surface area (TPSA) is 78.5 Å². The summed E-state index contributed by atoms with van der Waals surface area (Å²) < 4.78 is 0. The van der Waals surface area contributed by atoms with Gasteiger partial charge in [0.05, 0.1) is 5.92 Å². The van der Waals surface area contributed by atoms with Crippen LogP contribution in [0.15, 0.2) is 0 Å². The molecule has 0 bridgehead atoms. The first kappa shape index (κ1) is 13.4. The number of hydrogen-bond acceptors (Lipinski definition) is 3. The Morgan fingerprint density at radius 1 is 1.10 bits per heavy atom. The lowest BCUT2D eigenvalue weighted by Crippen LogP contribution is -2.48. The highest BCUT2D eigenvalue weighted by Crippen LogP contribution is 2.31. The van der Waals surface area contributed by atoms with Crippen molar-refractivity contribution in [2.24, 2.45) is 11.8 Å². The molecule has 1 atom stereocenters. The highest BCUT2D eigenvalue weighted by atomic mass is 16.2. The third kappa shape index (κ3) is 2.94. The lowest BCUT2D eigenvalue weighted by atomic mass is 10.0. The van der Waals surface area contributed by atoms with E-state index < -0.39 is 0 Å². The number of piperidine rings is 1. The predicted octanol–water partition coefficient (Wildman–Crippen LogP) is -0.360. The quantitative estimate of drug-likeness (QED) is 0.740. The molecule has 3 aliphatic rings. The summed E-state index contributed by atoms with van der Waals surface area (Å²) in [6, 6.07) is 0.140. The molecule has 2 saturated heterocycles. The molecule has 2 aliphatic heterocycles. The van der Waals surface area contributed by atoms with E-state index in [1.807, 2.05) is 4.90 Å². The van der Waals surface area contributed by atoms with Crippen LogP contribution in [-0.4, -0.2) is 48.3 Å². The van der Waals surface area contributed by atoms with Crippen molar-refractivity contribution >= 4 is 17.7 Å². The first-order valence-corrected chi connectivity index (χ1v) is 7.49. The Balaban J connectivity index is 1.42. The van der Waals surface area contributed by atoms with Crippen molar-refractivity contribution in [2.45, 2.75) is 38.1 Å². The van der Waals surface area contributed by atoms with Gasteiger partial charge in [0.2, 0.25) is 17.7 Å². The van der Waals surface area contributed by atoms with Crippen molar-refractivity contribution < 1.29 is 14.4 Å². The lowest BCUT2D eigenvalue weighted by molar-refractivity contribution is -0.134. The van der Waals surface area contributed by atoms with Gasteiger partial charge in [0.25, 0.3) is 0 Å². The third-order valence-electron chi connectivity index (χ3n) is 4.43. The zero-order valence-electron chi connectivity index (χ0n) is 11.6. The van der Waals surface area contributed by atoms with Gasteiger partial charge in [0.1, 0.15) is 0 Å². The Morgan fingerprint density at radius 2 is 1.80 bits per heavy atom. The van der Waals surface area contributed by atoms with E-state index >= 15 is 0 Å². The Kier molecular flexibility index (Phi) is 3.63. The molecule has 0 spiro atoms. The van der Waals surface area contributed by atoms with Crippen molar-refractivity contribution in [2.75, 3.05) is 19.6 Å². The van der Waals surface area contributed by atoms with Crippen LogP contribution in [0.5, 0.6) is 0 Å². The van der Waals surface area contributed by atoms with E-state index in [4.69, 9.17) is 0 Å². The van der Waals surface area contributed by atoms with Crippen LogP contribution in [0.4, 0.5) is 0 Å². The summed E-state index contributed by atoms with van der Waals surface area (Å²) in [6.07, 6.45) is 4.01. The van der Waals surface area contributed by atoms with Crippen LogP contribution >= 0.6 is 0 Å². The molecule has 3 fully saturated rings. The monoisotopic (exact) mass is 279 g/mol. The molecule has 3 amide bonds. The number of rotatable bonds is 3. The van der Waals surface area contributed by atoms with E-state index in [1.165, 1.54) is 0 Å². The molecule has 0 aromatic rings. The number of carbonyl (C=O) groups is 3. The summed E-state index contributed by atoms with van der Waals surface area (Å²) in [5.74, 6) is 0.260. The van der Waals surface area contributed by atoms with Crippen molar-refractivity contribution in [1.82, 2.24) is 15.5 Å². The summed E-state index contributed by atoms with van der Waals surface area (Å²) in [6.45, 7) is 1.92. The number of nitrogens with one attached hydrogen (secondary N) is 2. The lowest BCUT2D eigenvalue weighted by Gasteiger charge is -2.33. The summed E-state index contributed by atoms with van der Waals surface area (Å²) >= 11 is 0. The van der Waals surface area contributed by atoms with Crippen molar-refractivity contribution in [3.63, 3.8) is 0 Å². The number of likely N-dealkylation sites (tertiary alicyclic amines) is 1. The van der Waals surface area contributed by atoms with Gasteiger partial charge in [-0.05, 0) is 25.7 Å². The maximum Gasteiger partial charge on any atom is 0.225 e. The highest BCUT2D eigenvalue weighted by Gasteiger charge is 2.35. The molecular weight excluding hydrogens is 258 g/mol. The number of nitrogens with zero attached hydrogens (tertiary/aromatic N) is 1. The predicted molar refractivity (Wildman–Crippen MR) is 71.6 cm³/mol. The third-order valence-corrected chi connectivity index (χ3v) is 4.43. The van der Waals surface area contributed by atoms with Gasteiger partial charge in [-0.2, -0.15) is 0 Å². The van der Waals surface area contributed by atoms with E-state index in [0.717, 1.165) is 38.8 Å². The molecule has 0 aromatic carbocycles. The number of carbonyl (C=O) groups excluding carboxylic acids is 3. The molecule has 110 valence electrons. The van der Waals surface area contributed by atoms with Crippen LogP contribution in [0.2, 0.25) is 0 Å². The number of hydrogen-bond donors (Lipinski definition) is 2. The standard InChI is InChI=1S/C14H21N3O3/c18-12-7-10(8-15-12)13(19)16-11-3-5-17(6-4-11)14(20)9-1-2-9/h9-11H,1-8H2,(H,15,18)(H,16,19). The fourth-order valence-electron chi connectivity index (χ4n) is 2.94. The Morgan fingerprint density at radius 3 is 2.35 bits per heavy atom. The van der Waals surface area contributed by atoms with E-state index in [0.29, 0.717) is 18.9 Å². The average Bonchev–Trinajstić information content (AvgIpc) is 3.20. The second-order valence-electron chi connectivity index (χ2n) is 6.09. The SMILES string of the molecule is O=C1CC(C(=O)NC2CCN(C(=O)C3CC3)CC2)CN1. The normalized spacial score (nSPS) is 27.3. The zero-order chi connectivity index (χ0) is 14.1. The van der Waals surface area contributed by atoms with Gasteiger partial charge < -0.3 is 15.5 Å². The average molecular weight is 279 g/mol. The summed E-state index contributed by atoms with van der Waals surface area (Å²) in [4.78, 5) is 37.0. The first-order valence-electron chi connectivity index (χ1n) is 7.49. The van der Waals surface area contributed by atoms with E-state index in [2.05, 4.69) is 10.6 Å². The second-order valence-corrected chi connectivity index (χ2v) is 6.09.